The van der Waals surface area contributed by atoms with Gasteiger partial charge in [0.15, 0.2) is 0 Å². The summed E-state index contributed by atoms with van der Waals surface area (Å²) in [6.07, 6.45) is 2.16. The lowest BCUT2D eigenvalue weighted by Gasteiger charge is -2.18. The van der Waals surface area contributed by atoms with Gasteiger partial charge >= 0.3 is 0 Å². The Morgan fingerprint density at radius 3 is 2.21 bits per heavy atom. The molecular weight excluding hydrogens is 168 g/mol. The fourth-order valence-corrected chi connectivity index (χ4v) is 2.15. The molecular formula is C14H11. The lowest BCUT2D eigenvalue weighted by Crippen LogP contribution is -2.06. The van der Waals surface area contributed by atoms with Crippen molar-refractivity contribution in [1.29, 1.82) is 0 Å². The highest BCUT2D eigenvalue weighted by Gasteiger charge is 2.13. The summed E-state index contributed by atoms with van der Waals surface area (Å²) in [6.45, 7) is 0. The van der Waals surface area contributed by atoms with Crippen LogP contribution in [0.25, 0.3) is 0 Å². The van der Waals surface area contributed by atoms with Crippen molar-refractivity contribution in [2.75, 3.05) is 0 Å². The maximum atomic E-state index is 3.15. The summed E-state index contributed by atoms with van der Waals surface area (Å²) < 4.78 is 0. The minimum absolute atomic E-state index is 1.07. The molecule has 0 spiro atoms. The molecule has 0 aromatic heterocycles. The molecule has 0 bridgehead atoms. The van der Waals surface area contributed by atoms with Crippen LogP contribution >= 0.6 is 0 Å². The van der Waals surface area contributed by atoms with Crippen LogP contribution < -0.4 is 0 Å². The fourth-order valence-electron chi connectivity index (χ4n) is 2.15. The van der Waals surface area contributed by atoms with Gasteiger partial charge in [-0.3, -0.25) is 0 Å². The number of fused-ring (bicyclic) bond motifs is 2. The second-order valence-electron chi connectivity index (χ2n) is 3.82. The molecule has 0 saturated heterocycles. The van der Waals surface area contributed by atoms with E-state index in [1.807, 2.05) is 6.07 Å². The third kappa shape index (κ3) is 1.15. The van der Waals surface area contributed by atoms with E-state index in [0.717, 1.165) is 12.8 Å². The first-order chi connectivity index (χ1) is 6.93. The molecule has 1 aliphatic rings. The van der Waals surface area contributed by atoms with Crippen LogP contribution in [0.5, 0.6) is 0 Å². The average molecular weight is 179 g/mol. The van der Waals surface area contributed by atoms with Crippen LogP contribution in [0.3, 0.4) is 0 Å². The van der Waals surface area contributed by atoms with Gasteiger partial charge in [-0.05, 0) is 41.2 Å². The fraction of sp³-hybridized carbons (Fsp3) is 0.143. The molecule has 0 saturated carbocycles. The highest BCUT2D eigenvalue weighted by molar-refractivity contribution is 5.44. The topological polar surface area (TPSA) is 0 Å². The lowest BCUT2D eigenvalue weighted by atomic mass is 9.86. The van der Waals surface area contributed by atoms with E-state index >= 15 is 0 Å². The summed E-state index contributed by atoms with van der Waals surface area (Å²) in [6, 6.07) is 18.2. The Morgan fingerprint density at radius 1 is 0.786 bits per heavy atom. The van der Waals surface area contributed by atoms with Crippen LogP contribution in [0.2, 0.25) is 0 Å². The highest BCUT2D eigenvalue weighted by atomic mass is 14.2. The average Bonchev–Trinajstić information content (AvgIpc) is 2.26. The Morgan fingerprint density at radius 2 is 1.43 bits per heavy atom. The predicted octanol–water partition coefficient (Wildman–Crippen LogP) is 2.98. The molecule has 1 aliphatic carbocycles. The third-order valence-corrected chi connectivity index (χ3v) is 2.93. The van der Waals surface area contributed by atoms with Gasteiger partial charge in [0.05, 0.1) is 0 Å². The minimum Gasteiger partial charge on any atom is -0.0620 e. The molecule has 0 fully saturated rings. The van der Waals surface area contributed by atoms with E-state index in [1.54, 1.807) is 0 Å². The van der Waals surface area contributed by atoms with E-state index in [1.165, 1.54) is 22.3 Å². The van der Waals surface area contributed by atoms with Crippen LogP contribution in [-0.2, 0) is 12.8 Å². The molecule has 2 aromatic rings. The van der Waals surface area contributed by atoms with E-state index in [9.17, 15) is 0 Å². The second kappa shape index (κ2) is 2.98. The van der Waals surface area contributed by atoms with Gasteiger partial charge in [0.25, 0.3) is 0 Å². The minimum atomic E-state index is 1.07. The van der Waals surface area contributed by atoms with Crippen molar-refractivity contribution in [3.05, 3.63) is 70.8 Å². The molecule has 0 unspecified atom stereocenters. The van der Waals surface area contributed by atoms with Crippen molar-refractivity contribution in [3.8, 4) is 0 Å². The van der Waals surface area contributed by atoms with Crippen molar-refractivity contribution in [2.24, 2.45) is 0 Å². The van der Waals surface area contributed by atoms with E-state index in [2.05, 4.69) is 42.5 Å². The number of benzene rings is 2. The Kier molecular flexibility index (Phi) is 1.66. The molecule has 0 heterocycles. The zero-order valence-corrected chi connectivity index (χ0v) is 7.96. The molecule has 3 rings (SSSR count). The molecule has 2 aromatic carbocycles. The van der Waals surface area contributed by atoms with Crippen LogP contribution in [0, 0.1) is 6.07 Å². The van der Waals surface area contributed by atoms with E-state index in [0.29, 0.717) is 0 Å². The first-order valence-corrected chi connectivity index (χ1v) is 4.98. The van der Waals surface area contributed by atoms with Gasteiger partial charge in [-0.2, -0.15) is 0 Å². The number of hydrogen-bond donors (Lipinski definition) is 0. The third-order valence-electron chi connectivity index (χ3n) is 2.93. The van der Waals surface area contributed by atoms with Crippen molar-refractivity contribution < 1.29 is 0 Å². The summed E-state index contributed by atoms with van der Waals surface area (Å²) in [4.78, 5) is 0. The Hall–Kier alpha value is -1.56. The van der Waals surface area contributed by atoms with Crippen molar-refractivity contribution in [2.45, 2.75) is 12.8 Å². The quantitative estimate of drug-likeness (QED) is 0.497. The second-order valence-corrected chi connectivity index (χ2v) is 3.82. The van der Waals surface area contributed by atoms with Gasteiger partial charge in [0, 0.05) is 0 Å². The van der Waals surface area contributed by atoms with Crippen molar-refractivity contribution >= 4 is 0 Å². The van der Waals surface area contributed by atoms with Gasteiger partial charge in [0.1, 0.15) is 0 Å². The summed E-state index contributed by atoms with van der Waals surface area (Å²) in [7, 11) is 0. The standard InChI is InChI=1S/C14H11/c1-2-6-12-10-14-8-4-3-7-13(14)9-11(12)5-1/h1-3,5-8H,9-10H2. The first-order valence-electron chi connectivity index (χ1n) is 4.98. The van der Waals surface area contributed by atoms with Crippen molar-refractivity contribution in [1.82, 2.24) is 0 Å². The maximum Gasteiger partial charge on any atom is -0.00199 e. The van der Waals surface area contributed by atoms with Gasteiger partial charge in [-0.25, -0.2) is 0 Å². The Balaban J connectivity index is 2.12. The SMILES string of the molecule is [c]1ccc2c(c1)Cc1ccccc1C2. The molecule has 0 amide bonds. The summed E-state index contributed by atoms with van der Waals surface area (Å²) in [5.41, 5.74) is 5.85. The molecule has 1 radical (unpaired) electrons. The zero-order valence-electron chi connectivity index (χ0n) is 7.96. The Labute approximate surface area is 84.2 Å². The highest BCUT2D eigenvalue weighted by Crippen LogP contribution is 2.26. The summed E-state index contributed by atoms with van der Waals surface area (Å²) in [5.74, 6) is 0. The van der Waals surface area contributed by atoms with Crippen LogP contribution in [-0.4, -0.2) is 0 Å². The predicted molar refractivity (Wildman–Crippen MR) is 57.3 cm³/mol. The van der Waals surface area contributed by atoms with Gasteiger partial charge in [-0.15, -0.1) is 0 Å². The maximum absolute atomic E-state index is 3.15. The van der Waals surface area contributed by atoms with Crippen LogP contribution in [0.15, 0.2) is 42.5 Å². The molecule has 14 heavy (non-hydrogen) atoms. The normalized spacial score (nSPS) is 13.1. The zero-order chi connectivity index (χ0) is 9.38. The van der Waals surface area contributed by atoms with Gasteiger partial charge in [0.2, 0.25) is 0 Å². The number of hydrogen-bond acceptors (Lipinski definition) is 0. The summed E-state index contributed by atoms with van der Waals surface area (Å²) in [5, 5.41) is 0. The van der Waals surface area contributed by atoms with Gasteiger partial charge in [-0.1, -0.05) is 42.5 Å². The van der Waals surface area contributed by atoms with E-state index < -0.39 is 0 Å². The smallest absolute Gasteiger partial charge is 0.00199 e. The number of rotatable bonds is 0. The van der Waals surface area contributed by atoms with Crippen LogP contribution in [0.1, 0.15) is 22.3 Å². The summed E-state index contributed by atoms with van der Waals surface area (Å²) >= 11 is 0. The molecule has 0 atom stereocenters. The molecule has 0 nitrogen and oxygen atoms in total. The van der Waals surface area contributed by atoms with E-state index in [-0.39, 0.29) is 0 Å². The lowest BCUT2D eigenvalue weighted by molar-refractivity contribution is 1.00. The molecule has 0 N–H and O–H groups in total. The monoisotopic (exact) mass is 179 g/mol. The van der Waals surface area contributed by atoms with E-state index in [4.69, 9.17) is 0 Å². The molecule has 67 valence electrons. The molecule has 0 aliphatic heterocycles. The molecule has 0 heteroatoms. The van der Waals surface area contributed by atoms with Gasteiger partial charge < -0.3 is 0 Å². The van der Waals surface area contributed by atoms with Crippen LogP contribution in [0.4, 0.5) is 0 Å². The first kappa shape index (κ1) is 7.81. The van der Waals surface area contributed by atoms with Crippen molar-refractivity contribution in [3.63, 3.8) is 0 Å². The Bertz CT molecular complexity index is 381. The largest absolute Gasteiger partial charge is 0.0620 e.